The standard InChI is InChI=1S/C16H24BrF2N/c1-5-8-20-11(4)12(10(2)3)9-13-15(18)7-6-14(17)16(13)19/h6-7,10-12,20H,5,8-9H2,1-4H3. The Bertz CT molecular complexity index is 435. The minimum Gasteiger partial charge on any atom is -0.314 e. The molecule has 1 N–H and O–H groups in total. The molecule has 0 aliphatic rings. The van der Waals surface area contributed by atoms with Crippen LogP contribution in [0.2, 0.25) is 0 Å². The Kier molecular flexibility index (Phi) is 7.10. The average molecular weight is 348 g/mol. The molecule has 1 nitrogen and oxygen atoms in total. The van der Waals surface area contributed by atoms with Gasteiger partial charge in [-0.2, -0.15) is 0 Å². The van der Waals surface area contributed by atoms with Gasteiger partial charge in [-0.3, -0.25) is 0 Å². The van der Waals surface area contributed by atoms with Crippen molar-refractivity contribution in [3.8, 4) is 0 Å². The second kappa shape index (κ2) is 8.08. The summed E-state index contributed by atoms with van der Waals surface area (Å²) in [5, 5.41) is 3.43. The number of halogens is 3. The van der Waals surface area contributed by atoms with E-state index in [0.29, 0.717) is 16.8 Å². The van der Waals surface area contributed by atoms with Gasteiger partial charge in [0.05, 0.1) is 4.47 Å². The fourth-order valence-electron chi connectivity index (χ4n) is 2.51. The molecule has 0 aromatic heterocycles. The minimum absolute atomic E-state index is 0.184. The number of hydrogen-bond acceptors (Lipinski definition) is 1. The van der Waals surface area contributed by atoms with Gasteiger partial charge in [0.15, 0.2) is 0 Å². The maximum absolute atomic E-state index is 14.1. The molecule has 1 aromatic carbocycles. The van der Waals surface area contributed by atoms with Gasteiger partial charge in [-0.15, -0.1) is 0 Å². The lowest BCUT2D eigenvalue weighted by atomic mass is 9.83. The molecule has 1 aromatic rings. The smallest absolute Gasteiger partial charge is 0.143 e. The molecule has 0 saturated carbocycles. The molecule has 2 atom stereocenters. The summed E-state index contributed by atoms with van der Waals surface area (Å²) in [5.41, 5.74) is 0.184. The van der Waals surface area contributed by atoms with Crippen LogP contribution in [0.25, 0.3) is 0 Å². The van der Waals surface area contributed by atoms with Crippen LogP contribution in [-0.2, 0) is 6.42 Å². The van der Waals surface area contributed by atoms with Crippen LogP contribution in [0.4, 0.5) is 8.78 Å². The Morgan fingerprint density at radius 2 is 1.85 bits per heavy atom. The Labute approximate surface area is 129 Å². The lowest BCUT2D eigenvalue weighted by molar-refractivity contribution is 0.283. The zero-order chi connectivity index (χ0) is 15.3. The first kappa shape index (κ1) is 17.6. The highest BCUT2D eigenvalue weighted by Gasteiger charge is 2.24. The van der Waals surface area contributed by atoms with Crippen molar-refractivity contribution >= 4 is 15.9 Å². The summed E-state index contributed by atoms with van der Waals surface area (Å²) < 4.78 is 28.3. The van der Waals surface area contributed by atoms with Crippen molar-refractivity contribution in [2.45, 2.75) is 46.6 Å². The van der Waals surface area contributed by atoms with E-state index >= 15 is 0 Å². The van der Waals surface area contributed by atoms with Gasteiger partial charge in [0.2, 0.25) is 0 Å². The first-order valence-electron chi connectivity index (χ1n) is 7.24. The zero-order valence-electron chi connectivity index (χ0n) is 12.6. The summed E-state index contributed by atoms with van der Waals surface area (Å²) in [6.07, 6.45) is 1.46. The predicted molar refractivity (Wildman–Crippen MR) is 83.8 cm³/mol. The zero-order valence-corrected chi connectivity index (χ0v) is 14.2. The quantitative estimate of drug-likeness (QED) is 0.689. The number of rotatable bonds is 7. The summed E-state index contributed by atoms with van der Waals surface area (Å²) in [5.74, 6) is -0.385. The van der Waals surface area contributed by atoms with Crippen LogP contribution in [0.3, 0.4) is 0 Å². The molecule has 1 rings (SSSR count). The normalized spacial score (nSPS) is 14.6. The predicted octanol–water partition coefficient (Wildman–Crippen LogP) is 4.93. The molecule has 0 radical (unpaired) electrons. The summed E-state index contributed by atoms with van der Waals surface area (Å²) in [6, 6.07) is 2.97. The first-order valence-corrected chi connectivity index (χ1v) is 8.03. The van der Waals surface area contributed by atoms with Crippen molar-refractivity contribution in [2.24, 2.45) is 11.8 Å². The maximum Gasteiger partial charge on any atom is 0.143 e. The largest absolute Gasteiger partial charge is 0.314 e. The Hall–Kier alpha value is -0.480. The lowest BCUT2D eigenvalue weighted by Gasteiger charge is -2.29. The molecule has 2 unspecified atom stereocenters. The molecule has 0 amide bonds. The van der Waals surface area contributed by atoms with Crippen molar-refractivity contribution in [1.29, 1.82) is 0 Å². The summed E-state index contributed by atoms with van der Waals surface area (Å²) in [7, 11) is 0. The molecule has 0 heterocycles. The van der Waals surface area contributed by atoms with Gasteiger partial charge in [0.1, 0.15) is 11.6 Å². The molecule has 0 saturated heterocycles. The van der Waals surface area contributed by atoms with Crippen LogP contribution < -0.4 is 5.32 Å². The van der Waals surface area contributed by atoms with Crippen molar-refractivity contribution in [3.05, 3.63) is 33.8 Å². The number of nitrogens with one attached hydrogen (secondary N) is 1. The van der Waals surface area contributed by atoms with Gasteiger partial charge in [-0.1, -0.05) is 20.8 Å². The molecule has 0 aliphatic heterocycles. The van der Waals surface area contributed by atoms with Crippen LogP contribution in [0.5, 0.6) is 0 Å². The fourth-order valence-corrected chi connectivity index (χ4v) is 2.88. The molecule has 4 heteroatoms. The third-order valence-electron chi connectivity index (χ3n) is 3.79. The molecule has 0 bridgehead atoms. The van der Waals surface area contributed by atoms with E-state index in [4.69, 9.17) is 0 Å². The van der Waals surface area contributed by atoms with Crippen LogP contribution in [0, 0.1) is 23.5 Å². The molecular formula is C16H24BrF2N. The van der Waals surface area contributed by atoms with Crippen molar-refractivity contribution in [3.63, 3.8) is 0 Å². The van der Waals surface area contributed by atoms with Crippen LogP contribution >= 0.6 is 15.9 Å². The van der Waals surface area contributed by atoms with E-state index < -0.39 is 11.6 Å². The summed E-state index contributed by atoms with van der Waals surface area (Å²) in [4.78, 5) is 0. The first-order chi connectivity index (χ1) is 9.38. The summed E-state index contributed by atoms with van der Waals surface area (Å²) >= 11 is 3.13. The molecule has 0 spiro atoms. The van der Waals surface area contributed by atoms with E-state index in [0.717, 1.165) is 13.0 Å². The molecule has 0 fully saturated rings. The molecule has 20 heavy (non-hydrogen) atoms. The van der Waals surface area contributed by atoms with Gasteiger partial charge >= 0.3 is 0 Å². The van der Waals surface area contributed by atoms with E-state index in [1.165, 1.54) is 12.1 Å². The highest BCUT2D eigenvalue weighted by atomic mass is 79.9. The fraction of sp³-hybridized carbons (Fsp3) is 0.625. The van der Waals surface area contributed by atoms with E-state index in [1.54, 1.807) is 0 Å². The number of hydrogen-bond donors (Lipinski definition) is 1. The van der Waals surface area contributed by atoms with Crippen molar-refractivity contribution in [1.82, 2.24) is 5.32 Å². The Morgan fingerprint density at radius 1 is 1.20 bits per heavy atom. The Balaban J connectivity index is 2.94. The van der Waals surface area contributed by atoms with E-state index in [1.807, 2.05) is 0 Å². The van der Waals surface area contributed by atoms with Gasteiger partial charge in [-0.05, 0) is 66.2 Å². The highest BCUT2D eigenvalue weighted by molar-refractivity contribution is 9.10. The van der Waals surface area contributed by atoms with E-state index in [2.05, 4.69) is 48.9 Å². The van der Waals surface area contributed by atoms with Crippen LogP contribution in [0.15, 0.2) is 16.6 Å². The molecule has 114 valence electrons. The second-order valence-corrected chi connectivity index (χ2v) is 6.53. The van der Waals surface area contributed by atoms with Crippen molar-refractivity contribution in [2.75, 3.05) is 6.54 Å². The van der Waals surface area contributed by atoms with Crippen molar-refractivity contribution < 1.29 is 8.78 Å². The van der Waals surface area contributed by atoms with Crippen LogP contribution in [0.1, 0.15) is 39.7 Å². The van der Waals surface area contributed by atoms with Gasteiger partial charge in [0, 0.05) is 11.6 Å². The van der Waals surface area contributed by atoms with E-state index in [-0.39, 0.29) is 17.5 Å². The average Bonchev–Trinajstić information content (AvgIpc) is 2.40. The van der Waals surface area contributed by atoms with Gasteiger partial charge in [-0.25, -0.2) is 8.78 Å². The Morgan fingerprint density at radius 3 is 2.40 bits per heavy atom. The number of benzene rings is 1. The third-order valence-corrected chi connectivity index (χ3v) is 4.41. The second-order valence-electron chi connectivity index (χ2n) is 5.68. The van der Waals surface area contributed by atoms with E-state index in [9.17, 15) is 8.78 Å². The highest BCUT2D eigenvalue weighted by Crippen LogP contribution is 2.27. The molecule has 0 aliphatic carbocycles. The SMILES string of the molecule is CCCNC(C)C(Cc1c(F)ccc(Br)c1F)C(C)C. The summed E-state index contributed by atoms with van der Waals surface area (Å²) in [6.45, 7) is 9.32. The minimum atomic E-state index is -0.474. The van der Waals surface area contributed by atoms with Gasteiger partial charge in [0.25, 0.3) is 0 Å². The van der Waals surface area contributed by atoms with Crippen LogP contribution in [-0.4, -0.2) is 12.6 Å². The third kappa shape index (κ3) is 4.52. The topological polar surface area (TPSA) is 12.0 Å². The molecular weight excluding hydrogens is 324 g/mol. The lowest BCUT2D eigenvalue weighted by Crippen LogP contribution is -2.38. The van der Waals surface area contributed by atoms with Gasteiger partial charge < -0.3 is 5.32 Å². The monoisotopic (exact) mass is 347 g/mol. The maximum atomic E-state index is 14.1.